The van der Waals surface area contributed by atoms with E-state index in [0.717, 1.165) is 25.7 Å². The molecule has 0 aliphatic rings. The lowest BCUT2D eigenvalue weighted by atomic mass is 10.1. The lowest BCUT2D eigenvalue weighted by molar-refractivity contribution is 0.0385. The van der Waals surface area contributed by atoms with Gasteiger partial charge in [0.05, 0.1) is 51.8 Å². The molecule has 0 radical (unpaired) electrons. The highest BCUT2D eigenvalue weighted by molar-refractivity contribution is 7.48. The highest BCUT2D eigenvalue weighted by Crippen LogP contribution is 2.52. The third-order valence-electron chi connectivity index (χ3n) is 5.05. The average molecular weight is 612 g/mol. The van der Waals surface area contributed by atoms with Gasteiger partial charge in [0.15, 0.2) is 0 Å². The molecule has 0 aliphatic carbocycles. The summed E-state index contributed by atoms with van der Waals surface area (Å²) in [6.07, 6.45) is 2.51. The molecule has 0 spiro atoms. The van der Waals surface area contributed by atoms with Gasteiger partial charge in [-0.25, -0.2) is 9.13 Å². The van der Waals surface area contributed by atoms with Gasteiger partial charge in [-0.1, -0.05) is 26.7 Å². The van der Waals surface area contributed by atoms with Crippen molar-refractivity contribution in [3.63, 3.8) is 0 Å². The van der Waals surface area contributed by atoms with E-state index in [4.69, 9.17) is 36.6 Å². The summed E-state index contributed by atoms with van der Waals surface area (Å²) in [5.41, 5.74) is 0.261. The number of ether oxygens (including phenoxy) is 2. The van der Waals surface area contributed by atoms with Gasteiger partial charge in [-0.2, -0.15) is 0 Å². The third-order valence-corrected chi connectivity index (χ3v) is 8.37. The number of phosphoric ester groups is 2. The maximum absolute atomic E-state index is 13.3. The molecule has 1 atom stereocenters. The first-order valence-electron chi connectivity index (χ1n) is 14.0. The van der Waals surface area contributed by atoms with Crippen LogP contribution in [0.4, 0.5) is 0 Å². The molecule has 0 aliphatic heterocycles. The fraction of sp³-hybridized carbons (Fsp3) is 0.731. The van der Waals surface area contributed by atoms with E-state index in [2.05, 4.69) is 12.2 Å². The van der Waals surface area contributed by atoms with E-state index in [1.165, 1.54) is 0 Å². The highest BCUT2D eigenvalue weighted by atomic mass is 31.2. The zero-order valence-electron chi connectivity index (χ0n) is 24.7. The molecule has 14 heteroatoms. The molecule has 40 heavy (non-hydrogen) atoms. The average Bonchev–Trinajstić information content (AvgIpc) is 2.91. The number of nitrogens with one attached hydrogen (secondary N) is 1. The van der Waals surface area contributed by atoms with Crippen LogP contribution in [0.25, 0.3) is 0 Å². The minimum absolute atomic E-state index is 0.0525. The van der Waals surface area contributed by atoms with E-state index in [0.29, 0.717) is 24.7 Å². The number of unbranched alkanes of at least 4 members (excludes halogenated alkanes) is 2. The molecule has 1 N–H and O–H groups in total. The van der Waals surface area contributed by atoms with Gasteiger partial charge < -0.3 is 14.8 Å². The van der Waals surface area contributed by atoms with Crippen molar-refractivity contribution < 1.29 is 50.5 Å². The first kappa shape index (κ1) is 36.5. The quantitative estimate of drug-likeness (QED) is 0.101. The first-order valence-corrected chi connectivity index (χ1v) is 16.9. The van der Waals surface area contributed by atoms with Crippen molar-refractivity contribution in [1.82, 2.24) is 5.32 Å². The first-order chi connectivity index (χ1) is 19.2. The largest absolute Gasteiger partial charge is 0.494 e. The van der Waals surface area contributed by atoms with Crippen LogP contribution in [0.2, 0.25) is 0 Å². The van der Waals surface area contributed by atoms with Gasteiger partial charge in [-0.05, 0) is 58.7 Å². The SMILES string of the molecule is CCCCOc1ccc(OCCCC)c(C(=O)NCC(COP(=O)(OCC)OCC)OP(=O)(OCC)OCC)c1. The number of carbonyl (C=O) groups is 1. The number of amides is 1. The number of rotatable bonds is 24. The lowest BCUT2D eigenvalue weighted by Gasteiger charge is -2.25. The molecule has 0 heterocycles. The number of phosphoric acid groups is 2. The van der Waals surface area contributed by atoms with E-state index < -0.39 is 34.3 Å². The summed E-state index contributed by atoms with van der Waals surface area (Å²) < 4.78 is 69.4. The summed E-state index contributed by atoms with van der Waals surface area (Å²) in [5, 5.41) is 2.75. The maximum Gasteiger partial charge on any atom is 0.475 e. The summed E-state index contributed by atoms with van der Waals surface area (Å²) in [5.74, 6) is 0.444. The Morgan fingerprint density at radius 2 is 1.32 bits per heavy atom. The Labute approximate surface area is 238 Å². The Kier molecular flexibility index (Phi) is 18.6. The normalized spacial score (nSPS) is 12.8. The lowest BCUT2D eigenvalue weighted by Crippen LogP contribution is -2.36. The molecule has 0 fully saturated rings. The highest BCUT2D eigenvalue weighted by Gasteiger charge is 2.34. The molecule has 1 rings (SSSR count). The van der Waals surface area contributed by atoms with Crippen LogP contribution in [0.3, 0.4) is 0 Å². The Morgan fingerprint density at radius 1 is 0.775 bits per heavy atom. The summed E-state index contributed by atoms with van der Waals surface area (Å²) in [6, 6.07) is 5.07. The second kappa shape index (κ2) is 20.4. The van der Waals surface area contributed by atoms with Crippen LogP contribution in [0.1, 0.15) is 77.6 Å². The molecular weight excluding hydrogens is 564 g/mol. The number of carbonyl (C=O) groups excluding carboxylic acids is 1. The Hall–Kier alpha value is -1.49. The van der Waals surface area contributed by atoms with Crippen LogP contribution in [0.15, 0.2) is 18.2 Å². The molecule has 12 nitrogen and oxygen atoms in total. The second-order valence-corrected chi connectivity index (χ2v) is 11.7. The topological polar surface area (TPSA) is 137 Å². The van der Waals surface area contributed by atoms with Gasteiger partial charge in [-0.15, -0.1) is 0 Å². The fourth-order valence-electron chi connectivity index (χ4n) is 3.19. The van der Waals surface area contributed by atoms with Crippen LogP contribution >= 0.6 is 15.6 Å². The predicted molar refractivity (Wildman–Crippen MR) is 152 cm³/mol. The fourth-order valence-corrected chi connectivity index (χ4v) is 5.72. The van der Waals surface area contributed by atoms with Crippen molar-refractivity contribution in [3.8, 4) is 11.5 Å². The van der Waals surface area contributed by atoms with Crippen molar-refractivity contribution in [3.05, 3.63) is 23.8 Å². The number of hydrogen-bond donors (Lipinski definition) is 1. The van der Waals surface area contributed by atoms with E-state index >= 15 is 0 Å². The smallest absolute Gasteiger partial charge is 0.475 e. The maximum atomic E-state index is 13.3. The molecule has 1 amide bonds. The molecule has 0 aromatic heterocycles. The summed E-state index contributed by atoms with van der Waals surface area (Å²) >= 11 is 0. The van der Waals surface area contributed by atoms with Crippen LogP contribution < -0.4 is 14.8 Å². The van der Waals surface area contributed by atoms with Gasteiger partial charge in [0.25, 0.3) is 5.91 Å². The predicted octanol–water partition coefficient (Wildman–Crippen LogP) is 6.54. The van der Waals surface area contributed by atoms with Crippen molar-refractivity contribution in [2.75, 3.05) is 52.8 Å². The van der Waals surface area contributed by atoms with Gasteiger partial charge in [0.2, 0.25) is 0 Å². The molecule has 232 valence electrons. The molecule has 0 saturated carbocycles. The standard InChI is InChI=1S/C26H47NO11P2/c1-7-13-17-31-22-15-16-25(32-18-14-8-2)24(19-22)26(28)27-20-23(38-40(30,35-11-5)36-12-6)21-37-39(29,33-9-3)34-10-4/h15-16,19,23H,7-14,17-18,20-21H2,1-6H3,(H,27,28). The van der Waals surface area contributed by atoms with Crippen LogP contribution in [0.5, 0.6) is 11.5 Å². The van der Waals surface area contributed by atoms with E-state index in [-0.39, 0.29) is 38.5 Å². The van der Waals surface area contributed by atoms with Gasteiger partial charge >= 0.3 is 15.6 Å². The Bertz CT molecular complexity index is 927. The molecule has 1 aromatic rings. The summed E-state index contributed by atoms with van der Waals surface area (Å²) in [6.45, 7) is 11.3. The van der Waals surface area contributed by atoms with Crippen molar-refractivity contribution in [2.45, 2.75) is 73.3 Å². The van der Waals surface area contributed by atoms with E-state index in [9.17, 15) is 13.9 Å². The Morgan fingerprint density at radius 3 is 1.88 bits per heavy atom. The van der Waals surface area contributed by atoms with E-state index in [1.807, 2.05) is 6.92 Å². The summed E-state index contributed by atoms with van der Waals surface area (Å²) in [7, 11) is -7.94. The van der Waals surface area contributed by atoms with Crippen molar-refractivity contribution in [1.29, 1.82) is 0 Å². The van der Waals surface area contributed by atoms with Crippen LogP contribution in [-0.4, -0.2) is 64.8 Å². The monoisotopic (exact) mass is 611 g/mol. The zero-order chi connectivity index (χ0) is 29.9. The van der Waals surface area contributed by atoms with Gasteiger partial charge in [0.1, 0.15) is 17.6 Å². The number of benzene rings is 1. The molecule has 1 aromatic carbocycles. The second-order valence-electron chi connectivity index (χ2n) is 8.36. The van der Waals surface area contributed by atoms with Crippen molar-refractivity contribution >= 4 is 21.6 Å². The van der Waals surface area contributed by atoms with Crippen molar-refractivity contribution in [2.24, 2.45) is 0 Å². The molecule has 1 unspecified atom stereocenters. The zero-order valence-corrected chi connectivity index (χ0v) is 26.5. The molecular formula is C26H47NO11P2. The summed E-state index contributed by atoms with van der Waals surface area (Å²) in [4.78, 5) is 13.3. The van der Waals surface area contributed by atoms with Gasteiger partial charge in [0, 0.05) is 6.54 Å². The van der Waals surface area contributed by atoms with Crippen LogP contribution in [0, 0.1) is 0 Å². The van der Waals surface area contributed by atoms with Crippen LogP contribution in [-0.2, 0) is 36.3 Å². The van der Waals surface area contributed by atoms with E-state index in [1.54, 1.807) is 45.9 Å². The molecule has 0 saturated heterocycles. The minimum Gasteiger partial charge on any atom is -0.494 e. The van der Waals surface area contributed by atoms with Gasteiger partial charge in [-0.3, -0.25) is 31.9 Å². The Balaban J connectivity index is 3.16. The third kappa shape index (κ3) is 13.9. The molecule has 0 bridgehead atoms. The minimum atomic E-state index is -4.02. The number of hydrogen-bond acceptors (Lipinski definition) is 11.